The third-order valence-electron chi connectivity index (χ3n) is 4.73. The van der Waals surface area contributed by atoms with Crippen LogP contribution in [0.25, 0.3) is 10.4 Å². The highest BCUT2D eigenvalue weighted by molar-refractivity contribution is 7.89. The molecule has 5 atom stereocenters. The van der Waals surface area contributed by atoms with Crippen LogP contribution in [0.4, 0.5) is 0 Å². The van der Waals surface area contributed by atoms with Crippen LogP contribution in [0, 0.1) is 0 Å². The predicted molar refractivity (Wildman–Crippen MR) is 115 cm³/mol. The third-order valence-corrected chi connectivity index (χ3v) is 6.62. The third kappa shape index (κ3) is 6.68. The van der Waals surface area contributed by atoms with Crippen molar-refractivity contribution in [1.29, 1.82) is 0 Å². The Bertz CT molecular complexity index is 1120. The van der Waals surface area contributed by atoms with E-state index in [-0.39, 0.29) is 4.90 Å². The van der Waals surface area contributed by atoms with E-state index in [1.165, 1.54) is 24.3 Å². The van der Waals surface area contributed by atoms with Crippen molar-refractivity contribution in [2.75, 3.05) is 6.61 Å². The van der Waals surface area contributed by atoms with Gasteiger partial charge in [-0.15, -0.1) is 0 Å². The smallest absolute Gasteiger partial charge is 0.303 e. The van der Waals surface area contributed by atoms with Gasteiger partial charge in [0.15, 0.2) is 18.4 Å². The van der Waals surface area contributed by atoms with E-state index < -0.39 is 71.0 Å². The number of rotatable bonds is 8. The molecule has 1 aromatic carbocycles. The van der Waals surface area contributed by atoms with Gasteiger partial charge in [-0.1, -0.05) is 23.3 Å². The average molecular weight is 512 g/mol. The van der Waals surface area contributed by atoms with Gasteiger partial charge in [0.2, 0.25) is 5.91 Å². The van der Waals surface area contributed by atoms with Crippen LogP contribution in [0.1, 0.15) is 27.7 Å². The summed E-state index contributed by atoms with van der Waals surface area (Å²) >= 11 is 0. The second-order valence-corrected chi connectivity index (χ2v) is 9.16. The van der Waals surface area contributed by atoms with Gasteiger partial charge in [0.25, 0.3) is 10.0 Å². The topological polar surface area (TPSA) is 191 Å². The molecule has 0 aromatic heterocycles. The van der Waals surface area contributed by atoms with Crippen molar-refractivity contribution in [2.45, 2.75) is 63.2 Å². The second kappa shape index (κ2) is 11.6. The van der Waals surface area contributed by atoms with E-state index in [4.69, 9.17) is 24.5 Å². The summed E-state index contributed by atoms with van der Waals surface area (Å²) < 4.78 is 48.5. The van der Waals surface area contributed by atoms with E-state index in [1.807, 2.05) is 0 Å². The summed E-state index contributed by atoms with van der Waals surface area (Å²) in [6.45, 7) is 3.55. The maximum absolute atomic E-state index is 13.5. The molecule has 2 rings (SSSR count). The lowest BCUT2D eigenvalue weighted by Crippen LogP contribution is -2.67. The Morgan fingerprint density at radius 3 is 2.06 bits per heavy atom. The number of nitrogens with zero attached hydrogens (tertiary/aromatic N) is 4. The van der Waals surface area contributed by atoms with Gasteiger partial charge < -0.3 is 18.9 Å². The molecule has 0 N–H and O–H groups in total. The van der Waals surface area contributed by atoms with Crippen LogP contribution in [-0.4, -0.2) is 73.7 Å². The fraction of sp³-hybridized carbons (Fsp3) is 0.500. The second-order valence-electron chi connectivity index (χ2n) is 7.34. The largest absolute Gasteiger partial charge is 0.463 e. The van der Waals surface area contributed by atoms with Crippen LogP contribution in [0.5, 0.6) is 0 Å². The van der Waals surface area contributed by atoms with Crippen LogP contribution in [0.2, 0.25) is 0 Å². The van der Waals surface area contributed by atoms with E-state index in [1.54, 1.807) is 6.07 Å². The Hall–Kier alpha value is -3.68. The number of hydrogen-bond donors (Lipinski definition) is 0. The molecule has 1 heterocycles. The number of amides is 1. The number of hydrogen-bond acceptors (Lipinski definition) is 11. The first-order chi connectivity index (χ1) is 16.4. The molecule has 0 spiro atoms. The fourth-order valence-electron chi connectivity index (χ4n) is 3.54. The molecule has 35 heavy (non-hydrogen) atoms. The summed E-state index contributed by atoms with van der Waals surface area (Å²) in [5.41, 5.74) is 9.11. The number of ether oxygens (including phenoxy) is 4. The number of benzene rings is 1. The monoisotopic (exact) mass is 512 g/mol. The molecule has 0 saturated carbocycles. The van der Waals surface area contributed by atoms with Crippen LogP contribution >= 0.6 is 0 Å². The number of carbonyl (C=O) groups excluding carboxylic acids is 4. The molecule has 14 nitrogen and oxygen atoms in total. The first kappa shape index (κ1) is 27.6. The summed E-state index contributed by atoms with van der Waals surface area (Å²) in [5, 5.41) is 3.45. The minimum Gasteiger partial charge on any atom is -0.463 e. The minimum atomic E-state index is -4.61. The van der Waals surface area contributed by atoms with E-state index in [2.05, 4.69) is 10.0 Å². The molecule has 190 valence electrons. The van der Waals surface area contributed by atoms with Crippen molar-refractivity contribution in [1.82, 2.24) is 4.31 Å². The van der Waals surface area contributed by atoms with Crippen molar-refractivity contribution >= 4 is 33.8 Å². The highest BCUT2D eigenvalue weighted by Crippen LogP contribution is 2.34. The van der Waals surface area contributed by atoms with Gasteiger partial charge in [0.1, 0.15) is 18.8 Å². The molecule has 3 unspecified atom stereocenters. The molecular weight excluding hydrogens is 488 g/mol. The molecule has 0 aliphatic carbocycles. The minimum absolute atomic E-state index is 0.289. The van der Waals surface area contributed by atoms with E-state index in [9.17, 15) is 27.6 Å². The van der Waals surface area contributed by atoms with Gasteiger partial charge in [-0.2, -0.15) is 0 Å². The molecule has 1 amide bonds. The zero-order valence-electron chi connectivity index (χ0n) is 19.3. The van der Waals surface area contributed by atoms with Crippen LogP contribution in [0.3, 0.4) is 0 Å². The van der Waals surface area contributed by atoms with Crippen molar-refractivity contribution in [2.24, 2.45) is 5.11 Å². The lowest BCUT2D eigenvalue weighted by atomic mass is 9.95. The molecule has 1 aliphatic rings. The summed E-state index contributed by atoms with van der Waals surface area (Å²) in [4.78, 5) is 50.3. The van der Waals surface area contributed by atoms with Gasteiger partial charge in [0.05, 0.1) is 4.90 Å². The number of sulfonamides is 1. The van der Waals surface area contributed by atoms with Crippen LogP contribution < -0.4 is 0 Å². The highest BCUT2D eigenvalue weighted by atomic mass is 32.2. The molecule has 15 heteroatoms. The zero-order valence-corrected chi connectivity index (χ0v) is 20.1. The lowest BCUT2D eigenvalue weighted by Gasteiger charge is -2.46. The van der Waals surface area contributed by atoms with E-state index in [0.29, 0.717) is 4.31 Å². The Morgan fingerprint density at radius 1 is 1.00 bits per heavy atom. The molecule has 1 aliphatic heterocycles. The maximum Gasteiger partial charge on any atom is 0.303 e. The van der Waals surface area contributed by atoms with E-state index >= 15 is 0 Å². The zero-order chi connectivity index (χ0) is 26.3. The fourth-order valence-corrected chi connectivity index (χ4v) is 5.15. The standard InChI is InChI=1S/C20H24N4O10S/c1-11(25)24(35(29,30)15-8-6-5-7-9-15)17-19(33-14(4)28)18(32-13(3)27)16(10-31-12(2)26)34-20(17)22-23-21/h5-9,16-20H,10H2,1-4H3/t16?,17?,18-,19?,20-/m1/s1. The van der Waals surface area contributed by atoms with Gasteiger partial charge >= 0.3 is 17.9 Å². The Labute approximate surface area is 200 Å². The Morgan fingerprint density at radius 2 is 1.57 bits per heavy atom. The van der Waals surface area contributed by atoms with Gasteiger partial charge in [-0.25, -0.2) is 12.7 Å². The first-order valence-electron chi connectivity index (χ1n) is 10.2. The predicted octanol–water partition coefficient (Wildman–Crippen LogP) is 1.05. The lowest BCUT2D eigenvalue weighted by molar-refractivity contribution is -0.229. The molecule has 0 bridgehead atoms. The molecule has 1 aromatic rings. The van der Waals surface area contributed by atoms with Gasteiger partial charge in [0, 0.05) is 32.6 Å². The molecular formula is C20H24N4O10S. The summed E-state index contributed by atoms with van der Waals surface area (Å²) in [6.07, 6.45) is -6.33. The summed E-state index contributed by atoms with van der Waals surface area (Å²) in [5.74, 6) is -3.55. The van der Waals surface area contributed by atoms with E-state index in [0.717, 1.165) is 27.7 Å². The van der Waals surface area contributed by atoms with Crippen molar-refractivity contribution in [3.63, 3.8) is 0 Å². The van der Waals surface area contributed by atoms with Crippen molar-refractivity contribution < 1.29 is 46.5 Å². The van der Waals surface area contributed by atoms with Crippen LogP contribution in [-0.2, 0) is 48.1 Å². The first-order valence-corrected chi connectivity index (χ1v) is 11.6. The molecule has 0 radical (unpaired) electrons. The quantitative estimate of drug-likeness (QED) is 0.160. The SMILES string of the molecule is CC(=O)OCC1O[C@@H](N=[N+]=[N-])C(N(C(C)=O)S(=O)(=O)c2ccccc2)C(OC(C)=O)[C@@H]1OC(C)=O. The number of carbonyl (C=O) groups is 4. The summed E-state index contributed by atoms with van der Waals surface area (Å²) in [7, 11) is -4.61. The maximum atomic E-state index is 13.5. The summed E-state index contributed by atoms with van der Waals surface area (Å²) in [6, 6.07) is 5.08. The molecule has 1 fully saturated rings. The molecule has 1 saturated heterocycles. The highest BCUT2D eigenvalue weighted by Gasteiger charge is 2.55. The van der Waals surface area contributed by atoms with Gasteiger partial charge in [-0.3, -0.25) is 19.2 Å². The normalized spacial score (nSPS) is 23.8. The number of esters is 3. The Balaban J connectivity index is 2.73. The van der Waals surface area contributed by atoms with Crippen LogP contribution in [0.15, 0.2) is 40.3 Å². The average Bonchev–Trinajstić information content (AvgIpc) is 2.76. The van der Waals surface area contributed by atoms with Crippen molar-refractivity contribution in [3.05, 3.63) is 40.8 Å². The van der Waals surface area contributed by atoms with Crippen molar-refractivity contribution in [3.8, 4) is 0 Å². The van der Waals surface area contributed by atoms with Gasteiger partial charge in [-0.05, 0) is 17.7 Å². The number of azide groups is 1. The Kier molecular flexibility index (Phi) is 9.17.